The Labute approximate surface area is 107 Å². The molecule has 1 aliphatic rings. The van der Waals surface area contributed by atoms with E-state index in [0.717, 1.165) is 6.54 Å². The minimum atomic E-state index is 0.584. The smallest absolute Gasteiger partial charge is 0.0412 e. The molecule has 2 rings (SSSR count). The van der Waals surface area contributed by atoms with Gasteiger partial charge in [0.1, 0.15) is 0 Å². The maximum Gasteiger partial charge on any atom is 0.0412 e. The van der Waals surface area contributed by atoms with Crippen molar-refractivity contribution in [1.29, 1.82) is 0 Å². The molecule has 0 aliphatic carbocycles. The highest BCUT2D eigenvalue weighted by molar-refractivity contribution is 7.98. The lowest BCUT2D eigenvalue weighted by atomic mass is 10.1. The third-order valence-corrected chi connectivity index (χ3v) is 5.40. The number of hydrogen-bond acceptors (Lipinski definition) is 3. The van der Waals surface area contributed by atoms with Crippen LogP contribution in [0, 0.1) is 0 Å². The van der Waals surface area contributed by atoms with Gasteiger partial charge in [-0.15, -0.1) is 11.3 Å². The van der Waals surface area contributed by atoms with Gasteiger partial charge in [-0.2, -0.15) is 11.8 Å². The average molecular weight is 255 g/mol. The number of fused-ring (bicyclic) bond motifs is 1. The molecule has 0 spiro atoms. The van der Waals surface area contributed by atoms with E-state index >= 15 is 0 Å². The van der Waals surface area contributed by atoms with Crippen molar-refractivity contribution in [2.45, 2.75) is 44.9 Å². The fraction of sp³-hybridized carbons (Fsp3) is 0.692. The van der Waals surface area contributed by atoms with E-state index in [9.17, 15) is 0 Å². The summed E-state index contributed by atoms with van der Waals surface area (Å²) in [4.78, 5) is 3.20. The second-order valence-corrected chi connectivity index (χ2v) is 6.59. The Hall–Kier alpha value is 0.01000. The molecule has 0 saturated heterocycles. The van der Waals surface area contributed by atoms with E-state index < -0.39 is 0 Å². The summed E-state index contributed by atoms with van der Waals surface area (Å²) in [7, 11) is 0. The van der Waals surface area contributed by atoms with Crippen LogP contribution in [0.4, 0.5) is 0 Å². The fourth-order valence-electron chi connectivity index (χ4n) is 2.11. The molecule has 1 aromatic heterocycles. The molecular formula is C13H21NS2. The quantitative estimate of drug-likeness (QED) is 0.854. The van der Waals surface area contributed by atoms with Gasteiger partial charge in [-0.3, -0.25) is 0 Å². The second-order valence-electron chi connectivity index (χ2n) is 4.31. The van der Waals surface area contributed by atoms with E-state index in [0.29, 0.717) is 6.04 Å². The highest BCUT2D eigenvalue weighted by Crippen LogP contribution is 2.35. The van der Waals surface area contributed by atoms with Crippen molar-refractivity contribution < 1.29 is 0 Å². The first kappa shape index (κ1) is 12.5. The fourth-order valence-corrected chi connectivity index (χ4v) is 4.64. The highest BCUT2D eigenvalue weighted by Gasteiger charge is 2.17. The zero-order valence-corrected chi connectivity index (χ0v) is 11.8. The summed E-state index contributed by atoms with van der Waals surface area (Å²) in [6.45, 7) is 5.65. The van der Waals surface area contributed by atoms with Gasteiger partial charge in [0.2, 0.25) is 0 Å². The standard InChI is InChI=1S/C13H21NS2/c1-3-6-14-11(4-2)13-8-10-9-15-7-5-12(10)16-13/h8,11,14H,3-7,9H2,1-2H3. The van der Waals surface area contributed by atoms with Gasteiger partial charge in [-0.1, -0.05) is 13.8 Å². The van der Waals surface area contributed by atoms with Crippen LogP contribution in [-0.2, 0) is 12.2 Å². The third-order valence-electron chi connectivity index (χ3n) is 3.04. The van der Waals surface area contributed by atoms with Crippen LogP contribution in [0.15, 0.2) is 6.07 Å². The molecule has 1 aromatic rings. The number of thioether (sulfide) groups is 1. The van der Waals surface area contributed by atoms with Crippen LogP contribution in [-0.4, -0.2) is 12.3 Å². The maximum atomic E-state index is 3.65. The minimum absolute atomic E-state index is 0.584. The van der Waals surface area contributed by atoms with Gasteiger partial charge in [0.15, 0.2) is 0 Å². The van der Waals surface area contributed by atoms with E-state index in [4.69, 9.17) is 0 Å². The van der Waals surface area contributed by atoms with Crippen LogP contribution in [0.5, 0.6) is 0 Å². The van der Waals surface area contributed by atoms with E-state index in [1.54, 1.807) is 15.3 Å². The number of nitrogens with one attached hydrogen (secondary N) is 1. The number of aryl methyl sites for hydroxylation is 1. The zero-order valence-electron chi connectivity index (χ0n) is 10.2. The topological polar surface area (TPSA) is 12.0 Å². The summed E-state index contributed by atoms with van der Waals surface area (Å²) in [6.07, 6.45) is 3.71. The van der Waals surface area contributed by atoms with Gasteiger partial charge in [0, 0.05) is 21.5 Å². The van der Waals surface area contributed by atoms with E-state index in [1.165, 1.54) is 30.8 Å². The van der Waals surface area contributed by atoms with Crippen molar-refractivity contribution in [3.05, 3.63) is 21.4 Å². The van der Waals surface area contributed by atoms with E-state index in [-0.39, 0.29) is 0 Å². The van der Waals surface area contributed by atoms with Gasteiger partial charge in [-0.25, -0.2) is 0 Å². The first-order chi connectivity index (χ1) is 7.85. The van der Waals surface area contributed by atoms with Gasteiger partial charge < -0.3 is 5.32 Å². The molecule has 0 radical (unpaired) electrons. The van der Waals surface area contributed by atoms with Crippen molar-refractivity contribution in [3.8, 4) is 0 Å². The Balaban J connectivity index is 2.09. The summed E-state index contributed by atoms with van der Waals surface area (Å²) < 4.78 is 0. The van der Waals surface area contributed by atoms with Crippen molar-refractivity contribution in [1.82, 2.24) is 5.32 Å². The predicted octanol–water partition coefficient (Wildman–Crippen LogP) is 3.99. The summed E-state index contributed by atoms with van der Waals surface area (Å²) in [6, 6.07) is 3.03. The molecule has 16 heavy (non-hydrogen) atoms. The highest BCUT2D eigenvalue weighted by atomic mass is 32.2. The normalized spacial score (nSPS) is 17.1. The van der Waals surface area contributed by atoms with Gasteiger partial charge in [0.25, 0.3) is 0 Å². The lowest BCUT2D eigenvalue weighted by molar-refractivity contribution is 0.525. The Morgan fingerprint density at radius 1 is 1.44 bits per heavy atom. The largest absolute Gasteiger partial charge is 0.309 e. The van der Waals surface area contributed by atoms with Crippen molar-refractivity contribution in [2.24, 2.45) is 0 Å². The van der Waals surface area contributed by atoms with Gasteiger partial charge in [0.05, 0.1) is 0 Å². The molecule has 1 unspecified atom stereocenters. The Morgan fingerprint density at radius 3 is 3.00 bits per heavy atom. The number of hydrogen-bond donors (Lipinski definition) is 1. The molecular weight excluding hydrogens is 234 g/mol. The van der Waals surface area contributed by atoms with Crippen molar-refractivity contribution >= 4 is 23.1 Å². The van der Waals surface area contributed by atoms with Gasteiger partial charge >= 0.3 is 0 Å². The number of rotatable bonds is 5. The molecule has 1 atom stereocenters. The molecule has 0 fully saturated rings. The second kappa shape index (κ2) is 6.08. The molecule has 0 aromatic carbocycles. The lowest BCUT2D eigenvalue weighted by Gasteiger charge is -2.14. The van der Waals surface area contributed by atoms with E-state index in [1.807, 2.05) is 11.3 Å². The Morgan fingerprint density at radius 2 is 2.31 bits per heavy atom. The van der Waals surface area contributed by atoms with Crippen LogP contribution in [0.1, 0.15) is 48.0 Å². The van der Waals surface area contributed by atoms with Crippen LogP contribution in [0.2, 0.25) is 0 Å². The summed E-state index contributed by atoms with van der Waals surface area (Å²) in [5, 5.41) is 3.65. The molecule has 0 amide bonds. The van der Waals surface area contributed by atoms with Crippen molar-refractivity contribution in [2.75, 3.05) is 12.3 Å². The Bertz CT molecular complexity index is 309. The SMILES string of the molecule is CCCNC(CC)c1cc2c(s1)CCSC2. The molecule has 3 heteroatoms. The molecule has 0 saturated carbocycles. The first-order valence-corrected chi connectivity index (χ1v) is 8.24. The summed E-state index contributed by atoms with van der Waals surface area (Å²) >= 11 is 4.12. The average Bonchev–Trinajstić information content (AvgIpc) is 2.73. The van der Waals surface area contributed by atoms with E-state index in [2.05, 4.69) is 37.0 Å². The van der Waals surface area contributed by atoms with Crippen LogP contribution in [0.3, 0.4) is 0 Å². The third kappa shape index (κ3) is 2.82. The zero-order chi connectivity index (χ0) is 11.4. The Kier molecular flexibility index (Phi) is 4.74. The minimum Gasteiger partial charge on any atom is -0.309 e. The predicted molar refractivity (Wildman–Crippen MR) is 75.5 cm³/mol. The lowest BCUT2D eigenvalue weighted by Crippen LogP contribution is -2.20. The maximum absolute atomic E-state index is 3.65. The molecule has 1 aliphatic heterocycles. The summed E-state index contributed by atoms with van der Waals surface area (Å²) in [5.41, 5.74) is 1.60. The summed E-state index contributed by atoms with van der Waals surface area (Å²) in [5.74, 6) is 2.54. The van der Waals surface area contributed by atoms with Crippen molar-refractivity contribution in [3.63, 3.8) is 0 Å². The first-order valence-electron chi connectivity index (χ1n) is 6.27. The molecule has 90 valence electrons. The molecule has 1 N–H and O–H groups in total. The monoisotopic (exact) mass is 255 g/mol. The number of thiophene rings is 1. The van der Waals surface area contributed by atoms with Gasteiger partial charge in [-0.05, 0) is 43.2 Å². The van der Waals surface area contributed by atoms with Crippen LogP contribution in [0.25, 0.3) is 0 Å². The molecule has 0 bridgehead atoms. The van der Waals surface area contributed by atoms with Crippen LogP contribution >= 0.6 is 23.1 Å². The van der Waals surface area contributed by atoms with Crippen LogP contribution < -0.4 is 5.32 Å². The molecule has 2 heterocycles. The molecule has 1 nitrogen and oxygen atoms in total.